The second-order valence-corrected chi connectivity index (χ2v) is 7.14. The van der Waals surface area contributed by atoms with Crippen molar-refractivity contribution < 1.29 is 8.42 Å². The fourth-order valence-electron chi connectivity index (χ4n) is 2.44. The van der Waals surface area contributed by atoms with Crippen LogP contribution in [0.25, 0.3) is 0 Å². The van der Waals surface area contributed by atoms with E-state index in [1.165, 1.54) is 0 Å². The molecular weight excluding hydrogens is 250 g/mol. The summed E-state index contributed by atoms with van der Waals surface area (Å²) in [6.07, 6.45) is 3.76. The molecule has 1 unspecified atom stereocenters. The van der Waals surface area contributed by atoms with Crippen LogP contribution < -0.4 is 5.73 Å². The third-order valence-corrected chi connectivity index (χ3v) is 5.83. The van der Waals surface area contributed by atoms with Gasteiger partial charge in [-0.25, -0.2) is 0 Å². The minimum Gasteiger partial charge on any atom is -0.330 e. The predicted octanol–water partition coefficient (Wildman–Crippen LogP) is 1.16. The number of hydrogen-bond acceptors (Lipinski definition) is 3. The number of hydrogen-bond donors (Lipinski definition) is 1. The normalized spacial score (nSPS) is 22.9. The van der Waals surface area contributed by atoms with E-state index >= 15 is 0 Å². The third-order valence-electron chi connectivity index (χ3n) is 3.49. The summed E-state index contributed by atoms with van der Waals surface area (Å²) in [6, 6.07) is 0.0959. The van der Waals surface area contributed by atoms with Gasteiger partial charge in [0.2, 0.25) is 0 Å². The van der Waals surface area contributed by atoms with E-state index in [1.807, 2.05) is 20.8 Å². The molecule has 0 amide bonds. The van der Waals surface area contributed by atoms with Crippen molar-refractivity contribution in [3.05, 3.63) is 0 Å². The molecule has 0 bridgehead atoms. The highest BCUT2D eigenvalue weighted by atomic mass is 32.2. The summed E-state index contributed by atoms with van der Waals surface area (Å²) < 4.78 is 28.6. The van der Waals surface area contributed by atoms with Gasteiger partial charge in [-0.2, -0.15) is 17.0 Å². The fourth-order valence-corrected chi connectivity index (χ4v) is 4.52. The molecule has 0 aliphatic carbocycles. The summed E-state index contributed by atoms with van der Waals surface area (Å²) in [5.74, 6) is 0. The Balaban J connectivity index is 2.86. The fraction of sp³-hybridized carbons (Fsp3) is 1.00. The van der Waals surface area contributed by atoms with Crippen molar-refractivity contribution in [3.8, 4) is 0 Å². The molecule has 0 saturated carbocycles. The molecule has 0 aromatic carbocycles. The minimum absolute atomic E-state index is 0.0179. The van der Waals surface area contributed by atoms with E-state index in [4.69, 9.17) is 5.73 Å². The zero-order valence-corrected chi connectivity index (χ0v) is 12.6. The standard InChI is InChI=1S/C12H27N3O2S/c1-11(2)14(10-6-8-13)18(16,17)15-9-5-4-7-12(15)3/h11-12H,4-10,13H2,1-3H3. The molecular formula is C12H27N3O2S. The minimum atomic E-state index is -3.33. The summed E-state index contributed by atoms with van der Waals surface area (Å²) in [7, 11) is -3.33. The van der Waals surface area contributed by atoms with Crippen molar-refractivity contribution in [2.45, 2.75) is 58.5 Å². The Hall–Kier alpha value is -0.170. The van der Waals surface area contributed by atoms with Gasteiger partial charge >= 0.3 is 0 Å². The topological polar surface area (TPSA) is 66.6 Å². The van der Waals surface area contributed by atoms with Gasteiger partial charge in [0.1, 0.15) is 0 Å². The molecule has 1 aliphatic heterocycles. The van der Waals surface area contributed by atoms with E-state index in [-0.39, 0.29) is 12.1 Å². The van der Waals surface area contributed by atoms with Crippen molar-refractivity contribution in [1.29, 1.82) is 0 Å². The van der Waals surface area contributed by atoms with Crippen LogP contribution in [0.2, 0.25) is 0 Å². The largest absolute Gasteiger partial charge is 0.330 e. The van der Waals surface area contributed by atoms with Gasteiger partial charge in [-0.3, -0.25) is 0 Å². The van der Waals surface area contributed by atoms with Gasteiger partial charge in [-0.05, 0) is 46.6 Å². The Kier molecular flexibility index (Phi) is 6.04. The molecule has 0 aromatic heterocycles. The SMILES string of the molecule is CC(C)N(CCCN)S(=O)(=O)N1CCCCC1C. The number of piperidine rings is 1. The Bertz CT molecular complexity index is 343. The van der Waals surface area contributed by atoms with Crippen LogP contribution in [0.5, 0.6) is 0 Å². The van der Waals surface area contributed by atoms with Crippen molar-refractivity contribution in [3.63, 3.8) is 0 Å². The molecule has 108 valence electrons. The maximum atomic E-state index is 12.7. The van der Waals surface area contributed by atoms with Gasteiger partial charge in [-0.15, -0.1) is 0 Å². The van der Waals surface area contributed by atoms with Gasteiger partial charge in [0.05, 0.1) is 0 Å². The third kappa shape index (κ3) is 3.66. The molecule has 1 atom stereocenters. The van der Waals surface area contributed by atoms with Crippen LogP contribution >= 0.6 is 0 Å². The van der Waals surface area contributed by atoms with E-state index < -0.39 is 10.2 Å². The highest BCUT2D eigenvalue weighted by Crippen LogP contribution is 2.23. The zero-order valence-electron chi connectivity index (χ0n) is 11.8. The Labute approximate surface area is 112 Å². The van der Waals surface area contributed by atoms with E-state index in [0.717, 1.165) is 19.3 Å². The average Bonchev–Trinajstić information content (AvgIpc) is 2.29. The Morgan fingerprint density at radius 2 is 2.06 bits per heavy atom. The van der Waals surface area contributed by atoms with Crippen molar-refractivity contribution >= 4 is 10.2 Å². The summed E-state index contributed by atoms with van der Waals surface area (Å²) in [4.78, 5) is 0. The van der Waals surface area contributed by atoms with Crippen LogP contribution in [0.15, 0.2) is 0 Å². The monoisotopic (exact) mass is 277 g/mol. The Morgan fingerprint density at radius 3 is 2.56 bits per heavy atom. The lowest BCUT2D eigenvalue weighted by atomic mass is 10.1. The highest BCUT2D eigenvalue weighted by molar-refractivity contribution is 7.86. The van der Waals surface area contributed by atoms with Crippen LogP contribution in [0.3, 0.4) is 0 Å². The summed E-state index contributed by atoms with van der Waals surface area (Å²) in [5, 5.41) is 0. The van der Waals surface area contributed by atoms with E-state index in [1.54, 1.807) is 8.61 Å². The molecule has 0 radical (unpaired) electrons. The molecule has 2 N–H and O–H groups in total. The number of nitrogens with zero attached hydrogens (tertiary/aromatic N) is 2. The van der Waals surface area contributed by atoms with Gasteiger partial charge in [0, 0.05) is 25.2 Å². The van der Waals surface area contributed by atoms with Crippen LogP contribution in [0.4, 0.5) is 0 Å². The van der Waals surface area contributed by atoms with Gasteiger partial charge in [0.25, 0.3) is 10.2 Å². The molecule has 6 heteroatoms. The first-order valence-electron chi connectivity index (χ1n) is 6.90. The first-order valence-corrected chi connectivity index (χ1v) is 8.29. The number of rotatable bonds is 6. The second-order valence-electron chi connectivity index (χ2n) is 5.31. The van der Waals surface area contributed by atoms with Crippen LogP contribution in [0.1, 0.15) is 46.5 Å². The van der Waals surface area contributed by atoms with Crippen LogP contribution in [0, 0.1) is 0 Å². The van der Waals surface area contributed by atoms with Crippen LogP contribution in [-0.2, 0) is 10.2 Å². The first kappa shape index (κ1) is 15.9. The highest BCUT2D eigenvalue weighted by Gasteiger charge is 2.35. The van der Waals surface area contributed by atoms with Gasteiger partial charge < -0.3 is 5.73 Å². The maximum Gasteiger partial charge on any atom is 0.282 e. The number of nitrogens with two attached hydrogens (primary N) is 1. The molecule has 1 saturated heterocycles. The first-order chi connectivity index (χ1) is 8.41. The van der Waals surface area contributed by atoms with Crippen LogP contribution in [-0.4, -0.2) is 48.7 Å². The summed E-state index contributed by atoms with van der Waals surface area (Å²) >= 11 is 0. The lowest BCUT2D eigenvalue weighted by molar-refractivity contribution is 0.233. The molecule has 1 aliphatic rings. The van der Waals surface area contributed by atoms with E-state index in [2.05, 4.69) is 0 Å². The van der Waals surface area contributed by atoms with E-state index in [0.29, 0.717) is 26.1 Å². The van der Waals surface area contributed by atoms with Crippen molar-refractivity contribution in [2.24, 2.45) is 5.73 Å². The molecule has 0 spiro atoms. The second kappa shape index (κ2) is 6.84. The molecule has 18 heavy (non-hydrogen) atoms. The van der Waals surface area contributed by atoms with Crippen molar-refractivity contribution in [2.75, 3.05) is 19.6 Å². The lowest BCUT2D eigenvalue weighted by Crippen LogP contribution is -2.52. The Morgan fingerprint density at radius 1 is 1.39 bits per heavy atom. The average molecular weight is 277 g/mol. The molecule has 0 aromatic rings. The molecule has 1 heterocycles. The maximum absolute atomic E-state index is 12.7. The molecule has 1 rings (SSSR count). The van der Waals surface area contributed by atoms with E-state index in [9.17, 15) is 8.42 Å². The zero-order chi connectivity index (χ0) is 13.8. The quantitative estimate of drug-likeness (QED) is 0.792. The molecule has 1 fully saturated rings. The van der Waals surface area contributed by atoms with Gasteiger partial charge in [0.15, 0.2) is 0 Å². The summed E-state index contributed by atoms with van der Waals surface area (Å²) in [5.41, 5.74) is 5.49. The lowest BCUT2D eigenvalue weighted by Gasteiger charge is -2.37. The predicted molar refractivity (Wildman–Crippen MR) is 74.5 cm³/mol. The molecule has 5 nitrogen and oxygen atoms in total. The smallest absolute Gasteiger partial charge is 0.282 e. The van der Waals surface area contributed by atoms with Gasteiger partial charge in [-0.1, -0.05) is 6.42 Å². The van der Waals surface area contributed by atoms with Crippen molar-refractivity contribution in [1.82, 2.24) is 8.61 Å². The summed E-state index contributed by atoms with van der Waals surface area (Å²) in [6.45, 7) is 7.52.